The second kappa shape index (κ2) is 5.37. The van der Waals surface area contributed by atoms with Crippen LogP contribution in [0.4, 0.5) is 5.69 Å². The van der Waals surface area contributed by atoms with Gasteiger partial charge in [0.15, 0.2) is 4.90 Å². The summed E-state index contributed by atoms with van der Waals surface area (Å²) in [6.45, 7) is 1.59. The zero-order valence-corrected chi connectivity index (χ0v) is 11.6. The molecule has 21 heavy (non-hydrogen) atoms. The Balaban J connectivity index is 2.53. The van der Waals surface area contributed by atoms with Crippen molar-refractivity contribution in [1.29, 1.82) is 0 Å². The quantitative estimate of drug-likeness (QED) is 0.612. The van der Waals surface area contributed by atoms with Gasteiger partial charge in [0, 0.05) is 18.3 Å². The van der Waals surface area contributed by atoms with Gasteiger partial charge in [0.1, 0.15) is 0 Å². The molecule has 9 heteroatoms. The highest BCUT2D eigenvalue weighted by molar-refractivity contribution is 7.87. The van der Waals surface area contributed by atoms with Gasteiger partial charge in [-0.3, -0.25) is 19.2 Å². The normalized spacial score (nSPS) is 11.1. The minimum absolute atomic E-state index is 0.485. The molecule has 0 aliphatic carbocycles. The average molecular weight is 310 g/mol. The van der Waals surface area contributed by atoms with Crippen molar-refractivity contribution < 1.29 is 17.6 Å². The zero-order chi connectivity index (χ0) is 15.6. The summed E-state index contributed by atoms with van der Waals surface area (Å²) in [7, 11) is -4.51. The van der Waals surface area contributed by atoms with E-state index in [0.29, 0.717) is 10.3 Å². The van der Waals surface area contributed by atoms with E-state index in [2.05, 4.69) is 4.28 Å². The summed E-state index contributed by atoms with van der Waals surface area (Å²) in [6.07, 6.45) is 1.10. The third-order valence-electron chi connectivity index (χ3n) is 2.55. The van der Waals surface area contributed by atoms with Gasteiger partial charge in [-0.25, -0.2) is 0 Å². The van der Waals surface area contributed by atoms with Gasteiger partial charge >= 0.3 is 10.1 Å². The SMILES string of the molecule is Cc1ccc(S(=O)(=O)On2ccccc2=O)c([N+](=O)[O-])c1. The lowest BCUT2D eigenvalue weighted by atomic mass is 10.2. The van der Waals surface area contributed by atoms with Crippen LogP contribution in [0.1, 0.15) is 5.56 Å². The summed E-state index contributed by atoms with van der Waals surface area (Å²) in [5.41, 5.74) is -0.799. The van der Waals surface area contributed by atoms with E-state index in [9.17, 15) is 23.3 Å². The molecule has 0 aliphatic heterocycles. The molecule has 0 fully saturated rings. The Morgan fingerprint density at radius 2 is 1.95 bits per heavy atom. The van der Waals surface area contributed by atoms with E-state index < -0.39 is 31.2 Å². The fourth-order valence-corrected chi connectivity index (χ4v) is 2.64. The number of pyridine rings is 1. The van der Waals surface area contributed by atoms with E-state index in [-0.39, 0.29) is 0 Å². The summed E-state index contributed by atoms with van der Waals surface area (Å²) in [5.74, 6) is 0. The third-order valence-corrected chi connectivity index (χ3v) is 3.79. The van der Waals surface area contributed by atoms with E-state index in [1.165, 1.54) is 18.2 Å². The number of hydrogen-bond donors (Lipinski definition) is 0. The molecule has 0 atom stereocenters. The molecule has 0 saturated heterocycles. The number of benzene rings is 1. The van der Waals surface area contributed by atoms with Gasteiger partial charge in [-0.2, -0.15) is 8.42 Å². The molecule has 2 rings (SSSR count). The number of nitro groups is 1. The predicted octanol–water partition coefficient (Wildman–Crippen LogP) is 0.882. The number of nitro benzene ring substituents is 1. The highest BCUT2D eigenvalue weighted by Crippen LogP contribution is 2.25. The monoisotopic (exact) mass is 310 g/mol. The van der Waals surface area contributed by atoms with E-state index in [4.69, 9.17) is 0 Å². The molecule has 2 aromatic rings. The molecular weight excluding hydrogens is 300 g/mol. The smallest absolute Gasteiger partial charge is 0.281 e. The summed E-state index contributed by atoms with van der Waals surface area (Å²) < 4.78 is 29.3. The second-order valence-electron chi connectivity index (χ2n) is 4.12. The number of hydrogen-bond acceptors (Lipinski definition) is 6. The standard InChI is InChI=1S/C12H10N2O6S/c1-9-5-6-11(10(8-9)14(16)17)21(18,19)20-13-7-3-2-4-12(13)15/h2-8H,1H3. The van der Waals surface area contributed by atoms with E-state index >= 15 is 0 Å². The van der Waals surface area contributed by atoms with Crippen LogP contribution in [-0.2, 0) is 10.1 Å². The highest BCUT2D eigenvalue weighted by atomic mass is 32.2. The van der Waals surface area contributed by atoms with Crippen molar-refractivity contribution in [3.05, 3.63) is 68.6 Å². The molecule has 1 aromatic heterocycles. The van der Waals surface area contributed by atoms with Gasteiger partial charge in [-0.15, -0.1) is 4.73 Å². The van der Waals surface area contributed by atoms with Gasteiger partial charge < -0.3 is 0 Å². The minimum atomic E-state index is -4.51. The van der Waals surface area contributed by atoms with Crippen LogP contribution in [0.3, 0.4) is 0 Å². The lowest BCUT2D eigenvalue weighted by molar-refractivity contribution is -0.388. The van der Waals surface area contributed by atoms with Crippen LogP contribution in [0, 0.1) is 17.0 Å². The molecule has 0 saturated carbocycles. The van der Waals surface area contributed by atoms with Crippen LogP contribution < -0.4 is 9.84 Å². The number of nitrogens with zero attached hydrogens (tertiary/aromatic N) is 2. The van der Waals surface area contributed by atoms with Crippen molar-refractivity contribution in [3.8, 4) is 0 Å². The largest absolute Gasteiger partial charge is 0.364 e. The fraction of sp³-hybridized carbons (Fsp3) is 0.0833. The molecule has 1 aromatic carbocycles. The lowest BCUT2D eigenvalue weighted by Crippen LogP contribution is -2.30. The first-order valence-corrected chi connectivity index (χ1v) is 7.10. The van der Waals surface area contributed by atoms with Crippen molar-refractivity contribution in [2.24, 2.45) is 0 Å². The summed E-state index contributed by atoms with van der Waals surface area (Å²) in [4.78, 5) is 21.0. The van der Waals surface area contributed by atoms with Crippen LogP contribution in [0.5, 0.6) is 0 Å². The fourth-order valence-electron chi connectivity index (χ4n) is 1.60. The first kappa shape index (κ1) is 14.7. The second-order valence-corrected chi connectivity index (χ2v) is 5.62. The maximum absolute atomic E-state index is 12.1. The molecule has 0 bridgehead atoms. The van der Waals surface area contributed by atoms with Gasteiger partial charge in [0.2, 0.25) is 0 Å². The Morgan fingerprint density at radius 1 is 1.24 bits per heavy atom. The van der Waals surface area contributed by atoms with Crippen LogP contribution in [-0.4, -0.2) is 18.1 Å². The third kappa shape index (κ3) is 3.08. The first-order valence-electron chi connectivity index (χ1n) is 5.69. The Kier molecular flexibility index (Phi) is 3.76. The van der Waals surface area contributed by atoms with Gasteiger partial charge in [0.05, 0.1) is 4.92 Å². The number of rotatable bonds is 4. The Morgan fingerprint density at radius 3 is 2.57 bits per heavy atom. The van der Waals surface area contributed by atoms with Crippen LogP contribution in [0.25, 0.3) is 0 Å². The van der Waals surface area contributed by atoms with Gasteiger partial charge in [0.25, 0.3) is 11.2 Å². The summed E-state index contributed by atoms with van der Waals surface area (Å²) in [5, 5.41) is 11.0. The van der Waals surface area contributed by atoms with E-state index in [0.717, 1.165) is 24.4 Å². The molecule has 1 heterocycles. The van der Waals surface area contributed by atoms with Crippen molar-refractivity contribution in [2.75, 3.05) is 0 Å². The van der Waals surface area contributed by atoms with E-state index in [1.54, 1.807) is 6.92 Å². The van der Waals surface area contributed by atoms with E-state index in [1.807, 2.05) is 0 Å². The maximum Gasteiger partial charge on any atom is 0.364 e. The first-order chi connectivity index (χ1) is 9.81. The Labute approximate surface area is 119 Å². The molecule has 0 amide bonds. The molecule has 0 N–H and O–H groups in total. The Bertz CT molecular complexity index is 856. The molecule has 8 nitrogen and oxygen atoms in total. The molecule has 0 radical (unpaired) electrons. The molecule has 0 aliphatic rings. The van der Waals surface area contributed by atoms with Gasteiger partial charge in [-0.05, 0) is 24.6 Å². The van der Waals surface area contributed by atoms with Crippen molar-refractivity contribution in [3.63, 3.8) is 0 Å². The lowest BCUT2D eigenvalue weighted by Gasteiger charge is -2.08. The number of aryl methyl sites for hydroxylation is 1. The minimum Gasteiger partial charge on any atom is -0.281 e. The van der Waals surface area contributed by atoms with Crippen molar-refractivity contribution in [2.45, 2.75) is 11.8 Å². The van der Waals surface area contributed by atoms with Crippen LogP contribution in [0.15, 0.2) is 52.3 Å². The van der Waals surface area contributed by atoms with Crippen LogP contribution >= 0.6 is 0 Å². The zero-order valence-electron chi connectivity index (χ0n) is 10.8. The summed E-state index contributed by atoms with van der Waals surface area (Å²) >= 11 is 0. The van der Waals surface area contributed by atoms with Crippen LogP contribution in [0.2, 0.25) is 0 Å². The molecular formula is C12H10N2O6S. The molecule has 0 spiro atoms. The average Bonchev–Trinajstić information content (AvgIpc) is 2.40. The number of aromatic nitrogens is 1. The predicted molar refractivity (Wildman–Crippen MR) is 72.3 cm³/mol. The van der Waals surface area contributed by atoms with Gasteiger partial charge in [-0.1, -0.05) is 12.1 Å². The van der Waals surface area contributed by atoms with Crippen molar-refractivity contribution >= 4 is 15.8 Å². The Hall–Kier alpha value is -2.68. The highest BCUT2D eigenvalue weighted by Gasteiger charge is 2.28. The summed E-state index contributed by atoms with van der Waals surface area (Å²) in [6, 6.07) is 7.47. The molecule has 110 valence electrons. The topological polar surface area (TPSA) is 109 Å². The maximum atomic E-state index is 12.1. The molecule has 0 unspecified atom stereocenters. The van der Waals surface area contributed by atoms with Crippen molar-refractivity contribution in [1.82, 2.24) is 4.73 Å².